The number of urea groups is 1. The third-order valence-electron chi connectivity index (χ3n) is 6.65. The van der Waals surface area contributed by atoms with Gasteiger partial charge in [0.05, 0.1) is 25.3 Å². The molecule has 0 aliphatic carbocycles. The van der Waals surface area contributed by atoms with Crippen molar-refractivity contribution < 1.29 is 31.9 Å². The summed E-state index contributed by atoms with van der Waals surface area (Å²) < 4.78 is 46.7. The number of anilines is 3. The van der Waals surface area contributed by atoms with Gasteiger partial charge < -0.3 is 15.4 Å². The second kappa shape index (κ2) is 12.3. The maximum atomic E-state index is 15.1. The van der Waals surface area contributed by atoms with E-state index in [0.717, 1.165) is 73.8 Å². The molecule has 0 spiro atoms. The number of thiophene rings is 1. The number of nitrogens with zero attached hydrogens (tertiary/aromatic N) is 2. The van der Waals surface area contributed by atoms with E-state index in [1.54, 1.807) is 23.6 Å². The summed E-state index contributed by atoms with van der Waals surface area (Å²) in [6.45, 7) is 5.04. The van der Waals surface area contributed by atoms with Gasteiger partial charge in [0.15, 0.2) is 0 Å². The number of nitrogens with one attached hydrogen (secondary N) is 3. The third kappa shape index (κ3) is 6.73. The first-order valence-electron chi connectivity index (χ1n) is 12.9. The van der Waals surface area contributed by atoms with E-state index >= 15 is 4.39 Å². The number of hydrogen-bond donors (Lipinski definition) is 3. The number of sulfonamides is 1. The van der Waals surface area contributed by atoms with Gasteiger partial charge in [0, 0.05) is 36.6 Å². The summed E-state index contributed by atoms with van der Waals surface area (Å²) >= 11 is 0.935. The van der Waals surface area contributed by atoms with Crippen LogP contribution in [-0.4, -0.2) is 70.6 Å². The monoisotopic (exact) mass is 601 g/mol. The van der Waals surface area contributed by atoms with E-state index in [9.17, 15) is 22.8 Å². The average molecular weight is 602 g/mol. The van der Waals surface area contributed by atoms with Gasteiger partial charge in [-0.25, -0.2) is 27.2 Å². The lowest BCUT2D eigenvalue weighted by Gasteiger charge is -2.28. The van der Waals surface area contributed by atoms with Crippen LogP contribution >= 0.6 is 11.3 Å². The number of ether oxygens (including phenoxy) is 1. The second-order valence-electron chi connectivity index (χ2n) is 9.48. The molecule has 3 aromatic rings. The molecule has 1 fully saturated rings. The van der Waals surface area contributed by atoms with Gasteiger partial charge in [-0.3, -0.25) is 14.5 Å². The smallest absolute Gasteiger partial charge is 0.333 e. The summed E-state index contributed by atoms with van der Waals surface area (Å²) in [5.74, 6) is -2.19. The number of carbonyl (C=O) groups excluding carboxylic acids is 3. The summed E-state index contributed by atoms with van der Waals surface area (Å²) in [6, 6.07) is 10.3. The van der Waals surface area contributed by atoms with Crippen molar-refractivity contribution in [1.29, 1.82) is 0 Å². The summed E-state index contributed by atoms with van der Waals surface area (Å²) in [5.41, 5.74) is 1.31. The van der Waals surface area contributed by atoms with E-state index in [4.69, 9.17) is 4.74 Å². The van der Waals surface area contributed by atoms with Crippen LogP contribution in [0, 0.1) is 5.82 Å². The molecule has 1 saturated heterocycles. The number of rotatable bonds is 9. The second-order valence-corrected chi connectivity index (χ2v) is 12.3. The van der Waals surface area contributed by atoms with E-state index in [-0.39, 0.29) is 22.0 Å². The predicted octanol–water partition coefficient (Wildman–Crippen LogP) is 3.26. The van der Waals surface area contributed by atoms with Gasteiger partial charge in [0.25, 0.3) is 15.9 Å². The molecule has 41 heavy (non-hydrogen) atoms. The zero-order valence-corrected chi connectivity index (χ0v) is 23.5. The molecule has 14 heteroatoms. The Kier molecular flexibility index (Phi) is 8.63. The fourth-order valence-electron chi connectivity index (χ4n) is 4.65. The number of carbonyl (C=O) groups is 3. The highest BCUT2D eigenvalue weighted by molar-refractivity contribution is 7.92. The van der Waals surface area contributed by atoms with Crippen LogP contribution in [0.1, 0.15) is 22.3 Å². The number of morpholine rings is 1. The zero-order chi connectivity index (χ0) is 29.0. The standard InChI is InChI=1S/C27H28FN5O6S2/c28-22-17-20(30-27(36)31-41(37,38)25-3-1-14-40-25)5-7-23(22)33-24(34)16-18-15-19(4-6-21(18)26(33)35)29-8-2-9-32-10-12-39-13-11-32/h1,3-7,14-15,17,29H,2,8-13,16H2,(H2,30,31,36). The number of hydrogen-bond acceptors (Lipinski definition) is 9. The van der Waals surface area contributed by atoms with E-state index in [0.29, 0.717) is 11.1 Å². The lowest BCUT2D eigenvalue weighted by Crippen LogP contribution is -2.43. The zero-order valence-electron chi connectivity index (χ0n) is 21.9. The number of imide groups is 1. The van der Waals surface area contributed by atoms with Crippen LogP contribution in [0.25, 0.3) is 0 Å². The van der Waals surface area contributed by atoms with E-state index in [1.807, 2.05) is 4.72 Å². The maximum Gasteiger partial charge on any atom is 0.333 e. The summed E-state index contributed by atoms with van der Waals surface area (Å²) in [7, 11) is -4.07. The fraction of sp³-hybridized carbons (Fsp3) is 0.296. The van der Waals surface area contributed by atoms with Crippen LogP contribution in [0.15, 0.2) is 58.1 Å². The van der Waals surface area contributed by atoms with Crippen molar-refractivity contribution in [3.63, 3.8) is 0 Å². The van der Waals surface area contributed by atoms with Crippen LogP contribution in [0.5, 0.6) is 0 Å². The molecule has 216 valence electrons. The van der Waals surface area contributed by atoms with Crippen molar-refractivity contribution in [2.75, 3.05) is 54.9 Å². The van der Waals surface area contributed by atoms with E-state index < -0.39 is 33.7 Å². The molecule has 0 radical (unpaired) electrons. The van der Waals surface area contributed by atoms with Crippen molar-refractivity contribution in [3.05, 3.63) is 70.9 Å². The molecular weight excluding hydrogens is 573 g/mol. The van der Waals surface area contributed by atoms with Gasteiger partial charge in [0.1, 0.15) is 10.0 Å². The molecule has 1 aromatic heterocycles. The normalized spacial score (nSPS) is 15.9. The maximum absolute atomic E-state index is 15.1. The van der Waals surface area contributed by atoms with E-state index in [1.165, 1.54) is 24.3 Å². The summed E-state index contributed by atoms with van der Waals surface area (Å²) in [5, 5.41) is 7.12. The quantitative estimate of drug-likeness (QED) is 0.251. The molecule has 11 nitrogen and oxygen atoms in total. The van der Waals surface area contributed by atoms with Gasteiger partial charge in [-0.1, -0.05) is 6.07 Å². The minimum Gasteiger partial charge on any atom is -0.385 e. The Balaban J connectivity index is 1.21. The molecule has 2 aliphatic rings. The molecule has 2 aromatic carbocycles. The van der Waals surface area contributed by atoms with Crippen LogP contribution in [0.4, 0.5) is 26.2 Å². The minimum absolute atomic E-state index is 0.0525. The topological polar surface area (TPSA) is 137 Å². The van der Waals surface area contributed by atoms with E-state index in [2.05, 4.69) is 15.5 Å². The SMILES string of the molecule is O=C(Nc1ccc(N2C(=O)Cc3cc(NCCCN4CCOCC4)ccc3C2=O)c(F)c1)NS(=O)(=O)c1cccs1. The molecular formula is C27H28FN5O6S2. The first-order chi connectivity index (χ1) is 19.7. The fourth-order valence-corrected chi connectivity index (χ4v) is 6.55. The highest BCUT2D eigenvalue weighted by atomic mass is 32.2. The molecule has 0 atom stereocenters. The number of amides is 4. The van der Waals surface area contributed by atoms with Crippen molar-refractivity contribution in [3.8, 4) is 0 Å². The Morgan fingerprint density at radius 3 is 2.56 bits per heavy atom. The minimum atomic E-state index is -4.07. The molecule has 3 heterocycles. The highest BCUT2D eigenvalue weighted by Gasteiger charge is 2.34. The molecule has 0 bridgehead atoms. The van der Waals surface area contributed by atoms with Gasteiger partial charge in [-0.15, -0.1) is 11.3 Å². The van der Waals surface area contributed by atoms with Crippen molar-refractivity contribution in [1.82, 2.24) is 9.62 Å². The predicted molar refractivity (Wildman–Crippen MR) is 152 cm³/mol. The Morgan fingerprint density at radius 2 is 1.83 bits per heavy atom. The van der Waals surface area contributed by atoms with Crippen LogP contribution in [0.3, 0.4) is 0 Å². The Labute approximate surface area is 240 Å². The largest absolute Gasteiger partial charge is 0.385 e. The third-order valence-corrected chi connectivity index (χ3v) is 9.38. The average Bonchev–Trinajstić information content (AvgIpc) is 3.49. The van der Waals surface area contributed by atoms with Gasteiger partial charge >= 0.3 is 6.03 Å². The van der Waals surface area contributed by atoms with Crippen LogP contribution in [-0.2, 0) is 26.0 Å². The van der Waals surface area contributed by atoms with Crippen molar-refractivity contribution in [2.45, 2.75) is 17.1 Å². The molecule has 0 saturated carbocycles. The summed E-state index contributed by atoms with van der Waals surface area (Å²) in [4.78, 5) is 41.5. The molecule has 0 unspecified atom stereocenters. The van der Waals surface area contributed by atoms with Gasteiger partial charge in [-0.05, 0) is 66.4 Å². The Hall–Kier alpha value is -3.85. The lowest BCUT2D eigenvalue weighted by molar-refractivity contribution is -0.117. The van der Waals surface area contributed by atoms with Crippen molar-refractivity contribution >= 4 is 56.3 Å². The Morgan fingerprint density at radius 1 is 1.05 bits per heavy atom. The molecule has 5 rings (SSSR count). The van der Waals surface area contributed by atoms with Crippen LogP contribution in [0.2, 0.25) is 0 Å². The molecule has 3 N–H and O–H groups in total. The summed E-state index contributed by atoms with van der Waals surface area (Å²) in [6.07, 6.45) is 0.839. The Bertz CT molecular complexity index is 1560. The molecule has 2 aliphatic heterocycles. The van der Waals surface area contributed by atoms with Gasteiger partial charge in [-0.2, -0.15) is 0 Å². The molecule has 4 amide bonds. The highest BCUT2D eigenvalue weighted by Crippen LogP contribution is 2.30. The van der Waals surface area contributed by atoms with Gasteiger partial charge in [0.2, 0.25) is 5.91 Å². The van der Waals surface area contributed by atoms with Crippen LogP contribution < -0.4 is 20.3 Å². The number of benzene rings is 2. The first kappa shape index (κ1) is 28.7. The van der Waals surface area contributed by atoms with Crippen molar-refractivity contribution in [2.24, 2.45) is 0 Å². The first-order valence-corrected chi connectivity index (χ1v) is 15.3. The number of fused-ring (bicyclic) bond motifs is 1. The lowest BCUT2D eigenvalue weighted by atomic mass is 9.97. The number of halogens is 1.